The van der Waals surface area contributed by atoms with Crippen LogP contribution in [0.3, 0.4) is 0 Å². The van der Waals surface area contributed by atoms with Gasteiger partial charge in [-0.1, -0.05) is 12.1 Å². The van der Waals surface area contributed by atoms with E-state index in [1.54, 1.807) is 0 Å². The van der Waals surface area contributed by atoms with Gasteiger partial charge in [0.25, 0.3) is 0 Å². The highest BCUT2D eigenvalue weighted by Crippen LogP contribution is 2.29. The molecule has 18 heavy (non-hydrogen) atoms. The molecule has 1 aromatic rings. The molecule has 0 saturated carbocycles. The average molecular weight is 258 g/mol. The van der Waals surface area contributed by atoms with Gasteiger partial charge in [-0.2, -0.15) is 13.2 Å². The average Bonchev–Trinajstić information content (AvgIpc) is 2.74. The number of carbonyl (C=O) groups is 2. The van der Waals surface area contributed by atoms with Crippen molar-refractivity contribution in [3.63, 3.8) is 0 Å². The summed E-state index contributed by atoms with van der Waals surface area (Å²) in [5.74, 6) is -1.41. The van der Waals surface area contributed by atoms with Crippen molar-refractivity contribution in [3.05, 3.63) is 35.4 Å². The number of hydrogen-bond acceptors (Lipinski definition) is 3. The van der Waals surface area contributed by atoms with Crippen molar-refractivity contribution in [3.8, 4) is 0 Å². The van der Waals surface area contributed by atoms with Crippen molar-refractivity contribution in [2.24, 2.45) is 5.92 Å². The van der Waals surface area contributed by atoms with E-state index >= 15 is 0 Å². The van der Waals surface area contributed by atoms with Crippen LogP contribution in [0.4, 0.5) is 13.2 Å². The zero-order chi connectivity index (χ0) is 13.3. The summed E-state index contributed by atoms with van der Waals surface area (Å²) in [5.41, 5.74) is -0.649. The Morgan fingerprint density at radius 2 is 1.83 bits per heavy atom. The largest absolute Gasteiger partial charge is 0.465 e. The lowest BCUT2D eigenvalue weighted by atomic mass is 9.96. The highest BCUT2D eigenvalue weighted by molar-refractivity contribution is 6.00. The van der Waals surface area contributed by atoms with E-state index in [0.29, 0.717) is 0 Å². The Bertz CT molecular complexity index is 476. The normalized spacial score (nSPS) is 19.7. The molecule has 1 unspecified atom stereocenters. The highest BCUT2D eigenvalue weighted by Gasteiger charge is 2.32. The molecule has 6 heteroatoms. The molecule has 1 aliphatic heterocycles. The number of carbonyl (C=O) groups excluding carboxylic acids is 2. The second-order valence-electron chi connectivity index (χ2n) is 4.02. The van der Waals surface area contributed by atoms with E-state index in [1.807, 2.05) is 0 Å². The van der Waals surface area contributed by atoms with Crippen LogP contribution < -0.4 is 0 Å². The third kappa shape index (κ3) is 2.52. The summed E-state index contributed by atoms with van der Waals surface area (Å²) in [6, 6.07) is 3.94. The lowest BCUT2D eigenvalue weighted by Gasteiger charge is -2.08. The van der Waals surface area contributed by atoms with Gasteiger partial charge in [0.1, 0.15) is 6.61 Å². The number of halogens is 3. The molecule has 0 amide bonds. The Hall–Kier alpha value is -1.85. The topological polar surface area (TPSA) is 43.4 Å². The van der Waals surface area contributed by atoms with Crippen molar-refractivity contribution >= 4 is 11.8 Å². The van der Waals surface area contributed by atoms with Crippen LogP contribution in [-0.2, 0) is 15.7 Å². The smallest absolute Gasteiger partial charge is 0.416 e. The molecule has 1 atom stereocenters. The first kappa shape index (κ1) is 12.6. The third-order valence-corrected chi connectivity index (χ3v) is 2.73. The fourth-order valence-electron chi connectivity index (χ4n) is 1.74. The van der Waals surface area contributed by atoms with Gasteiger partial charge in [0.2, 0.25) is 0 Å². The van der Waals surface area contributed by atoms with E-state index in [9.17, 15) is 22.8 Å². The summed E-state index contributed by atoms with van der Waals surface area (Å²) in [7, 11) is 0. The number of rotatable bonds is 2. The molecule has 1 aliphatic rings. The van der Waals surface area contributed by atoms with Gasteiger partial charge in [0, 0.05) is 5.56 Å². The van der Waals surface area contributed by atoms with Gasteiger partial charge in [0.05, 0.1) is 17.9 Å². The van der Waals surface area contributed by atoms with Gasteiger partial charge in [-0.25, -0.2) is 0 Å². The minimum atomic E-state index is -4.42. The molecule has 3 nitrogen and oxygen atoms in total. The minimum absolute atomic E-state index is 0.00130. The maximum absolute atomic E-state index is 12.3. The summed E-state index contributed by atoms with van der Waals surface area (Å²) < 4.78 is 41.6. The maximum atomic E-state index is 12.3. The van der Waals surface area contributed by atoms with Crippen molar-refractivity contribution in [1.29, 1.82) is 0 Å². The molecule has 1 heterocycles. The van der Waals surface area contributed by atoms with Crippen LogP contribution in [0.1, 0.15) is 22.3 Å². The van der Waals surface area contributed by atoms with E-state index in [2.05, 4.69) is 4.74 Å². The zero-order valence-corrected chi connectivity index (χ0v) is 9.16. The molecule has 1 saturated heterocycles. The standard InChI is InChI=1S/C12H9F3O3/c13-12(14,15)9-3-1-7(2-4-9)11(17)8-5-10(16)18-6-8/h1-4,8H,5-6H2. The predicted octanol–water partition coefficient (Wildman–Crippen LogP) is 2.45. The number of alkyl halides is 3. The van der Waals surface area contributed by atoms with E-state index in [0.717, 1.165) is 24.3 Å². The van der Waals surface area contributed by atoms with Crippen LogP contribution in [0.2, 0.25) is 0 Å². The van der Waals surface area contributed by atoms with Crippen LogP contribution in [0.15, 0.2) is 24.3 Å². The Balaban J connectivity index is 2.15. The first-order valence-electron chi connectivity index (χ1n) is 5.25. The number of cyclic esters (lactones) is 1. The Kier molecular flexibility index (Phi) is 3.11. The zero-order valence-electron chi connectivity index (χ0n) is 9.16. The van der Waals surface area contributed by atoms with Crippen LogP contribution in [-0.4, -0.2) is 18.4 Å². The fourth-order valence-corrected chi connectivity index (χ4v) is 1.74. The lowest BCUT2D eigenvalue weighted by Crippen LogP contribution is -2.15. The molecule has 0 radical (unpaired) electrons. The van der Waals surface area contributed by atoms with Gasteiger partial charge in [0.15, 0.2) is 5.78 Å². The van der Waals surface area contributed by atoms with E-state index in [1.165, 1.54) is 0 Å². The van der Waals surface area contributed by atoms with Gasteiger partial charge < -0.3 is 4.74 Å². The molecule has 0 N–H and O–H groups in total. The molecule has 0 bridgehead atoms. The maximum Gasteiger partial charge on any atom is 0.416 e. The van der Waals surface area contributed by atoms with Crippen LogP contribution in [0, 0.1) is 5.92 Å². The summed E-state index contributed by atoms with van der Waals surface area (Å²) in [4.78, 5) is 22.7. The molecule has 96 valence electrons. The summed E-state index contributed by atoms with van der Waals surface area (Å²) >= 11 is 0. The number of Topliss-reactive ketones (excluding diaryl/α,β-unsaturated/α-hetero) is 1. The first-order valence-corrected chi connectivity index (χ1v) is 5.25. The van der Waals surface area contributed by atoms with Crippen LogP contribution in [0.25, 0.3) is 0 Å². The predicted molar refractivity (Wildman–Crippen MR) is 54.8 cm³/mol. The molecular formula is C12H9F3O3. The minimum Gasteiger partial charge on any atom is -0.465 e. The van der Waals surface area contributed by atoms with Gasteiger partial charge in [-0.3, -0.25) is 9.59 Å². The molecule has 2 rings (SSSR count). The first-order chi connectivity index (χ1) is 8.38. The lowest BCUT2D eigenvalue weighted by molar-refractivity contribution is -0.138. The highest BCUT2D eigenvalue weighted by atomic mass is 19.4. The van der Waals surface area contributed by atoms with Crippen LogP contribution in [0.5, 0.6) is 0 Å². The summed E-state index contributed by atoms with van der Waals surface area (Å²) in [6.45, 7) is -0.00130. The second kappa shape index (κ2) is 4.44. The summed E-state index contributed by atoms with van der Waals surface area (Å²) in [5, 5.41) is 0. The summed E-state index contributed by atoms with van der Waals surface area (Å²) in [6.07, 6.45) is -4.44. The van der Waals surface area contributed by atoms with Crippen molar-refractivity contribution in [2.75, 3.05) is 6.61 Å². The number of hydrogen-bond donors (Lipinski definition) is 0. The Morgan fingerprint density at radius 1 is 1.22 bits per heavy atom. The molecule has 1 fully saturated rings. The quantitative estimate of drug-likeness (QED) is 0.604. The SMILES string of the molecule is O=C1CC(C(=O)c2ccc(C(F)(F)F)cc2)CO1. The molecule has 1 aromatic carbocycles. The number of esters is 1. The van der Waals surface area contributed by atoms with Gasteiger partial charge in [-0.15, -0.1) is 0 Å². The second-order valence-corrected chi connectivity index (χ2v) is 4.02. The molecular weight excluding hydrogens is 249 g/mol. The monoisotopic (exact) mass is 258 g/mol. The van der Waals surface area contributed by atoms with Crippen molar-refractivity contribution in [2.45, 2.75) is 12.6 Å². The van der Waals surface area contributed by atoms with Crippen LogP contribution >= 0.6 is 0 Å². The Morgan fingerprint density at radius 3 is 2.28 bits per heavy atom. The van der Waals surface area contributed by atoms with Gasteiger partial charge >= 0.3 is 12.1 Å². The molecule has 0 spiro atoms. The van der Waals surface area contributed by atoms with E-state index in [4.69, 9.17) is 0 Å². The third-order valence-electron chi connectivity index (χ3n) is 2.73. The number of ketones is 1. The number of benzene rings is 1. The molecule has 0 aromatic heterocycles. The fraction of sp³-hybridized carbons (Fsp3) is 0.333. The van der Waals surface area contributed by atoms with Gasteiger partial charge in [-0.05, 0) is 12.1 Å². The van der Waals surface area contributed by atoms with E-state index in [-0.39, 0.29) is 24.4 Å². The van der Waals surface area contributed by atoms with E-state index < -0.39 is 23.6 Å². The van der Waals surface area contributed by atoms with Crippen molar-refractivity contribution < 1.29 is 27.5 Å². The van der Waals surface area contributed by atoms with Crippen molar-refractivity contribution in [1.82, 2.24) is 0 Å². The number of ether oxygens (including phenoxy) is 1. The molecule has 0 aliphatic carbocycles. The Labute approximate surface area is 101 Å².